The molecule has 2 N–H and O–H groups in total. The quantitative estimate of drug-likeness (QED) is 0.892. The van der Waals surface area contributed by atoms with Gasteiger partial charge in [0.2, 0.25) is 0 Å². The molecular formula is C18H20FNO2. The fourth-order valence-corrected chi connectivity index (χ4v) is 2.80. The Morgan fingerprint density at radius 3 is 2.55 bits per heavy atom. The Bertz CT molecular complexity index is 588. The number of aliphatic hydroxyl groups is 1. The van der Waals surface area contributed by atoms with Crippen LogP contribution in [0.3, 0.4) is 0 Å². The lowest BCUT2D eigenvalue weighted by molar-refractivity contribution is 0.00934. The number of aliphatic hydroxyl groups excluding tert-OH is 1. The molecule has 1 aliphatic rings. The van der Waals surface area contributed by atoms with Crippen LogP contribution >= 0.6 is 0 Å². The van der Waals surface area contributed by atoms with Crippen molar-refractivity contribution in [3.05, 3.63) is 71.5 Å². The summed E-state index contributed by atoms with van der Waals surface area (Å²) < 4.78 is 18.9. The molecule has 1 aliphatic heterocycles. The minimum Gasteiger partial charge on any atom is -0.390 e. The molecule has 0 saturated carbocycles. The van der Waals surface area contributed by atoms with Crippen LogP contribution < -0.4 is 5.32 Å². The predicted molar refractivity (Wildman–Crippen MR) is 82.8 cm³/mol. The van der Waals surface area contributed by atoms with E-state index >= 15 is 0 Å². The Kier molecular flexibility index (Phi) is 4.83. The van der Waals surface area contributed by atoms with Crippen LogP contribution in [-0.2, 0) is 11.3 Å². The molecule has 3 rings (SSSR count). The Morgan fingerprint density at radius 2 is 1.82 bits per heavy atom. The summed E-state index contributed by atoms with van der Waals surface area (Å²) in [6, 6.07) is 16.3. The van der Waals surface area contributed by atoms with Gasteiger partial charge in [0.05, 0.1) is 12.2 Å². The summed E-state index contributed by atoms with van der Waals surface area (Å²) in [5.41, 5.74) is 2.04. The van der Waals surface area contributed by atoms with E-state index < -0.39 is 6.10 Å². The minimum atomic E-state index is -0.547. The number of halogens is 1. The van der Waals surface area contributed by atoms with Gasteiger partial charge >= 0.3 is 0 Å². The third-order valence-electron chi connectivity index (χ3n) is 3.94. The van der Waals surface area contributed by atoms with E-state index in [2.05, 4.69) is 17.4 Å². The number of nitrogens with one attached hydrogen (secondary N) is 1. The predicted octanol–water partition coefficient (Wildman–Crippen LogP) is 2.81. The van der Waals surface area contributed by atoms with E-state index in [-0.39, 0.29) is 18.0 Å². The van der Waals surface area contributed by atoms with E-state index in [1.807, 2.05) is 18.2 Å². The number of benzene rings is 2. The second-order valence-electron chi connectivity index (χ2n) is 5.65. The summed E-state index contributed by atoms with van der Waals surface area (Å²) in [4.78, 5) is 0. The zero-order valence-electron chi connectivity index (χ0n) is 12.3. The molecule has 1 saturated heterocycles. The summed E-state index contributed by atoms with van der Waals surface area (Å²) >= 11 is 0. The van der Waals surface area contributed by atoms with Gasteiger partial charge in [-0.25, -0.2) is 4.39 Å². The van der Waals surface area contributed by atoms with E-state index in [1.54, 1.807) is 12.1 Å². The molecule has 0 aromatic heterocycles. The lowest BCUT2D eigenvalue weighted by Gasteiger charge is -2.15. The van der Waals surface area contributed by atoms with Crippen molar-refractivity contribution in [3.63, 3.8) is 0 Å². The lowest BCUT2D eigenvalue weighted by atomic mass is 10.0. The first kappa shape index (κ1) is 15.2. The first-order valence-corrected chi connectivity index (χ1v) is 7.56. The van der Waals surface area contributed by atoms with Crippen molar-refractivity contribution in [2.45, 2.75) is 31.3 Å². The molecule has 2 aromatic carbocycles. The van der Waals surface area contributed by atoms with E-state index in [9.17, 15) is 9.50 Å². The van der Waals surface area contributed by atoms with Gasteiger partial charge in [-0.15, -0.1) is 0 Å². The van der Waals surface area contributed by atoms with E-state index in [4.69, 9.17) is 4.74 Å². The maximum absolute atomic E-state index is 13.0. The molecule has 0 bridgehead atoms. The van der Waals surface area contributed by atoms with Crippen LogP contribution in [0.15, 0.2) is 54.6 Å². The average molecular weight is 301 g/mol. The highest BCUT2D eigenvalue weighted by atomic mass is 19.1. The molecule has 0 radical (unpaired) electrons. The Balaban J connectivity index is 1.51. The Morgan fingerprint density at radius 1 is 1.09 bits per heavy atom. The molecule has 0 unspecified atom stereocenters. The van der Waals surface area contributed by atoms with Crippen molar-refractivity contribution in [2.75, 3.05) is 6.54 Å². The van der Waals surface area contributed by atoms with Crippen LogP contribution in [0.25, 0.3) is 0 Å². The third kappa shape index (κ3) is 3.71. The second kappa shape index (κ2) is 7.01. The Hall–Kier alpha value is -1.75. The highest BCUT2D eigenvalue weighted by Gasteiger charge is 2.34. The summed E-state index contributed by atoms with van der Waals surface area (Å²) in [6.07, 6.45) is -0.365. The maximum atomic E-state index is 13.0. The second-order valence-corrected chi connectivity index (χ2v) is 5.65. The normalized spacial score (nSPS) is 24.5. The van der Waals surface area contributed by atoms with Gasteiger partial charge in [0.1, 0.15) is 11.9 Å². The van der Waals surface area contributed by atoms with Crippen LogP contribution in [0.2, 0.25) is 0 Å². The van der Waals surface area contributed by atoms with Gasteiger partial charge in [-0.2, -0.15) is 0 Å². The van der Waals surface area contributed by atoms with E-state index in [0.29, 0.717) is 13.0 Å². The average Bonchev–Trinajstić information content (AvgIpc) is 2.90. The van der Waals surface area contributed by atoms with Crippen molar-refractivity contribution in [3.8, 4) is 0 Å². The monoisotopic (exact) mass is 301 g/mol. The van der Waals surface area contributed by atoms with Crippen molar-refractivity contribution in [2.24, 2.45) is 0 Å². The first-order valence-electron chi connectivity index (χ1n) is 7.56. The molecule has 3 nitrogen and oxygen atoms in total. The van der Waals surface area contributed by atoms with Crippen LogP contribution in [0.5, 0.6) is 0 Å². The van der Waals surface area contributed by atoms with Gasteiger partial charge in [0.15, 0.2) is 0 Å². The molecule has 22 heavy (non-hydrogen) atoms. The van der Waals surface area contributed by atoms with Crippen LogP contribution in [-0.4, -0.2) is 23.9 Å². The third-order valence-corrected chi connectivity index (χ3v) is 3.94. The van der Waals surface area contributed by atoms with E-state index in [0.717, 1.165) is 12.1 Å². The van der Waals surface area contributed by atoms with Gasteiger partial charge in [0, 0.05) is 19.5 Å². The zero-order chi connectivity index (χ0) is 15.4. The molecular weight excluding hydrogens is 281 g/mol. The molecule has 0 amide bonds. The van der Waals surface area contributed by atoms with Crippen LogP contribution in [0, 0.1) is 5.82 Å². The SMILES string of the molecule is O[C@H]1C[C@@H](CNCc2ccccc2)O[C@H]1c1ccc(F)cc1. The summed E-state index contributed by atoms with van der Waals surface area (Å²) in [7, 11) is 0. The van der Waals surface area contributed by atoms with Crippen molar-refractivity contribution >= 4 is 0 Å². The standard InChI is InChI=1S/C18H20FNO2/c19-15-8-6-14(7-9-15)18-17(21)10-16(22-18)12-20-11-13-4-2-1-3-5-13/h1-9,16-18,20-21H,10-12H2/t16-,17-,18-/m0/s1. The lowest BCUT2D eigenvalue weighted by Crippen LogP contribution is -2.26. The highest BCUT2D eigenvalue weighted by molar-refractivity contribution is 5.21. The molecule has 4 heteroatoms. The molecule has 1 heterocycles. The molecule has 0 aliphatic carbocycles. The smallest absolute Gasteiger partial charge is 0.123 e. The van der Waals surface area contributed by atoms with Gasteiger partial charge in [0.25, 0.3) is 0 Å². The Labute approximate surface area is 129 Å². The zero-order valence-corrected chi connectivity index (χ0v) is 12.3. The van der Waals surface area contributed by atoms with Crippen LogP contribution in [0.1, 0.15) is 23.7 Å². The number of hydrogen-bond acceptors (Lipinski definition) is 3. The fraction of sp³-hybridized carbons (Fsp3) is 0.333. The summed E-state index contributed by atoms with van der Waals surface area (Å²) in [6.45, 7) is 1.46. The molecule has 0 spiro atoms. The highest BCUT2D eigenvalue weighted by Crippen LogP contribution is 2.32. The van der Waals surface area contributed by atoms with E-state index in [1.165, 1.54) is 17.7 Å². The van der Waals surface area contributed by atoms with Crippen molar-refractivity contribution in [1.82, 2.24) is 5.32 Å². The van der Waals surface area contributed by atoms with Gasteiger partial charge < -0.3 is 15.2 Å². The number of rotatable bonds is 5. The minimum absolute atomic E-state index is 0.0336. The first-order chi connectivity index (χ1) is 10.7. The van der Waals surface area contributed by atoms with Gasteiger partial charge in [-0.05, 0) is 23.3 Å². The van der Waals surface area contributed by atoms with Gasteiger partial charge in [-0.1, -0.05) is 42.5 Å². The number of ether oxygens (including phenoxy) is 1. The molecule has 3 atom stereocenters. The van der Waals surface area contributed by atoms with Crippen molar-refractivity contribution in [1.29, 1.82) is 0 Å². The van der Waals surface area contributed by atoms with Crippen LogP contribution in [0.4, 0.5) is 4.39 Å². The fourth-order valence-electron chi connectivity index (χ4n) is 2.80. The summed E-state index contributed by atoms with van der Waals surface area (Å²) in [5.74, 6) is -0.280. The maximum Gasteiger partial charge on any atom is 0.123 e. The summed E-state index contributed by atoms with van der Waals surface area (Å²) in [5, 5.41) is 13.5. The molecule has 2 aromatic rings. The topological polar surface area (TPSA) is 41.5 Å². The largest absolute Gasteiger partial charge is 0.390 e. The van der Waals surface area contributed by atoms with Gasteiger partial charge in [-0.3, -0.25) is 0 Å². The number of hydrogen-bond donors (Lipinski definition) is 2. The molecule has 116 valence electrons. The van der Waals surface area contributed by atoms with Crippen molar-refractivity contribution < 1.29 is 14.2 Å². The molecule has 1 fully saturated rings.